The fraction of sp³-hybridized carbons (Fsp3) is 0.0526. The molecule has 0 radical (unpaired) electrons. The van der Waals surface area contributed by atoms with Crippen molar-refractivity contribution in [3.05, 3.63) is 75.6 Å². The molecule has 2 aromatic carbocycles. The molecule has 0 saturated carbocycles. The molecule has 0 bridgehead atoms. The summed E-state index contributed by atoms with van der Waals surface area (Å²) in [5, 5.41) is 0.859. The van der Waals surface area contributed by atoms with Gasteiger partial charge in [0.05, 0.1) is 15.6 Å². The molecule has 0 spiro atoms. The molecule has 26 heavy (non-hydrogen) atoms. The average Bonchev–Trinajstić information content (AvgIpc) is 2.88. The molecule has 3 nitrogen and oxygen atoms in total. The highest BCUT2D eigenvalue weighted by atomic mass is 35.5. The van der Waals surface area contributed by atoms with E-state index in [9.17, 15) is 4.79 Å². The molecule has 0 N–H and O–H groups in total. The summed E-state index contributed by atoms with van der Waals surface area (Å²) in [6.45, 7) is 4.03. The number of hydrogen-bond acceptors (Lipinski definition) is 4. The lowest BCUT2D eigenvalue weighted by atomic mass is 10.2. The summed E-state index contributed by atoms with van der Waals surface area (Å²) in [6, 6.07) is 12.4. The molecule has 7 heteroatoms. The van der Waals surface area contributed by atoms with Crippen LogP contribution in [0.3, 0.4) is 0 Å². The second kappa shape index (κ2) is 8.27. The maximum Gasteiger partial charge on any atom is 0.270 e. The zero-order valence-electron chi connectivity index (χ0n) is 13.4. The number of ether oxygens (including phenoxy) is 1. The highest BCUT2D eigenvalue weighted by Gasteiger charge is 2.34. The number of carbonyl (C=O) groups excluding carboxylic acids is 1. The second-order valence-corrected chi connectivity index (χ2v) is 7.77. The van der Waals surface area contributed by atoms with Crippen LogP contribution in [-0.4, -0.2) is 16.8 Å². The zero-order valence-corrected chi connectivity index (χ0v) is 16.6. The van der Waals surface area contributed by atoms with E-state index in [-0.39, 0.29) is 5.91 Å². The van der Waals surface area contributed by atoms with Gasteiger partial charge in [-0.25, -0.2) is 0 Å². The lowest BCUT2D eigenvalue weighted by Gasteiger charge is -2.16. The minimum atomic E-state index is -0.234. The van der Waals surface area contributed by atoms with Crippen LogP contribution in [0.5, 0.6) is 5.75 Å². The van der Waals surface area contributed by atoms with Gasteiger partial charge in [-0.05, 0) is 30.3 Å². The van der Waals surface area contributed by atoms with Crippen molar-refractivity contribution in [2.75, 3.05) is 11.5 Å². The fourth-order valence-electron chi connectivity index (χ4n) is 2.36. The first-order valence-electron chi connectivity index (χ1n) is 7.57. The van der Waals surface area contributed by atoms with Crippen LogP contribution in [0, 0.1) is 0 Å². The molecule has 1 fully saturated rings. The van der Waals surface area contributed by atoms with E-state index >= 15 is 0 Å². The Hall–Kier alpha value is -1.79. The molecule has 1 heterocycles. The molecular weight excluding hydrogens is 409 g/mol. The zero-order chi connectivity index (χ0) is 18.7. The Labute approximate surface area is 171 Å². The van der Waals surface area contributed by atoms with Gasteiger partial charge in [-0.3, -0.25) is 9.69 Å². The van der Waals surface area contributed by atoms with Crippen LogP contribution in [0.1, 0.15) is 5.56 Å². The number of halogens is 2. The van der Waals surface area contributed by atoms with Crippen LogP contribution in [0.4, 0.5) is 5.69 Å². The van der Waals surface area contributed by atoms with Gasteiger partial charge in [-0.15, -0.1) is 0 Å². The van der Waals surface area contributed by atoms with E-state index in [1.165, 1.54) is 16.7 Å². The lowest BCUT2D eigenvalue weighted by Crippen LogP contribution is -2.27. The number of thioether (sulfide) groups is 1. The first kappa shape index (κ1) is 19.0. The quantitative estimate of drug-likeness (QED) is 0.338. The summed E-state index contributed by atoms with van der Waals surface area (Å²) in [6.07, 6.45) is 3.43. The van der Waals surface area contributed by atoms with E-state index < -0.39 is 0 Å². The van der Waals surface area contributed by atoms with Crippen LogP contribution in [0.15, 0.2) is 60.0 Å². The molecule has 132 valence electrons. The summed E-state index contributed by atoms with van der Waals surface area (Å²) >= 11 is 18.8. The molecular formula is C19H13Cl2NO2S2. The molecule has 1 saturated heterocycles. The first-order valence-corrected chi connectivity index (χ1v) is 9.55. The molecule has 0 atom stereocenters. The van der Waals surface area contributed by atoms with E-state index in [1.807, 2.05) is 24.3 Å². The standard InChI is InChI=1S/C19H13Cl2NO2S2/c1-2-9-24-16-6-4-3-5-12(16)10-17-18(23)22(19(25)26-17)15-8-7-13(20)11-14(15)21/h2-8,10-11H,1,9H2/b17-10+. The van der Waals surface area contributed by atoms with Crippen LogP contribution in [0.25, 0.3) is 6.08 Å². The highest BCUT2D eigenvalue weighted by Crippen LogP contribution is 2.40. The predicted molar refractivity (Wildman–Crippen MR) is 114 cm³/mol. The van der Waals surface area contributed by atoms with Crippen LogP contribution >= 0.6 is 47.2 Å². The Bertz CT molecular complexity index is 928. The number of nitrogens with zero attached hydrogens (tertiary/aromatic N) is 1. The highest BCUT2D eigenvalue weighted by molar-refractivity contribution is 8.27. The van der Waals surface area contributed by atoms with Gasteiger partial charge in [0.15, 0.2) is 4.32 Å². The van der Waals surface area contributed by atoms with Crippen LogP contribution in [-0.2, 0) is 4.79 Å². The van der Waals surface area contributed by atoms with Gasteiger partial charge in [0.1, 0.15) is 12.4 Å². The average molecular weight is 422 g/mol. The van der Waals surface area contributed by atoms with E-state index in [0.717, 1.165) is 5.56 Å². The van der Waals surface area contributed by atoms with Crippen molar-refractivity contribution in [2.45, 2.75) is 0 Å². The smallest absolute Gasteiger partial charge is 0.270 e. The van der Waals surface area contributed by atoms with Crippen LogP contribution in [0.2, 0.25) is 10.0 Å². The van der Waals surface area contributed by atoms with E-state index in [0.29, 0.717) is 37.3 Å². The number of anilines is 1. The molecule has 1 aliphatic heterocycles. The number of thiocarbonyl (C=S) groups is 1. The lowest BCUT2D eigenvalue weighted by molar-refractivity contribution is -0.113. The van der Waals surface area contributed by atoms with Crippen LogP contribution < -0.4 is 9.64 Å². The number of carbonyl (C=O) groups is 1. The van der Waals surface area contributed by atoms with E-state index in [2.05, 4.69) is 6.58 Å². The minimum Gasteiger partial charge on any atom is -0.489 e. The number of para-hydroxylation sites is 1. The Morgan fingerprint density at radius 1 is 1.23 bits per heavy atom. The van der Waals surface area contributed by atoms with E-state index in [4.69, 9.17) is 40.2 Å². The maximum atomic E-state index is 12.9. The van der Waals surface area contributed by atoms with Gasteiger partial charge in [0, 0.05) is 10.6 Å². The Morgan fingerprint density at radius 3 is 2.73 bits per heavy atom. The number of amides is 1. The van der Waals surface area contributed by atoms with Gasteiger partial charge in [0.2, 0.25) is 0 Å². The SMILES string of the molecule is C=CCOc1ccccc1/C=C1/SC(=S)N(c2ccc(Cl)cc2Cl)C1=O. The van der Waals surface area contributed by atoms with Gasteiger partial charge in [-0.1, -0.05) is 78.0 Å². The van der Waals surface area contributed by atoms with Crippen molar-refractivity contribution in [1.29, 1.82) is 0 Å². The molecule has 1 amide bonds. The third-order valence-corrected chi connectivity index (χ3v) is 5.35. The van der Waals surface area contributed by atoms with Crippen molar-refractivity contribution in [1.82, 2.24) is 0 Å². The molecule has 0 aromatic heterocycles. The number of benzene rings is 2. The Morgan fingerprint density at radius 2 is 2.00 bits per heavy atom. The summed E-state index contributed by atoms with van der Waals surface area (Å²) in [4.78, 5) is 14.8. The van der Waals surface area contributed by atoms with E-state index in [1.54, 1.807) is 30.4 Å². The minimum absolute atomic E-state index is 0.234. The number of rotatable bonds is 5. The van der Waals surface area contributed by atoms with Crippen molar-refractivity contribution < 1.29 is 9.53 Å². The predicted octanol–water partition coefficient (Wildman–Crippen LogP) is 5.96. The first-order chi connectivity index (χ1) is 12.5. The van der Waals surface area contributed by atoms with Gasteiger partial charge < -0.3 is 4.74 Å². The van der Waals surface area contributed by atoms with Gasteiger partial charge in [-0.2, -0.15) is 0 Å². The third kappa shape index (κ3) is 3.96. The summed E-state index contributed by atoms with van der Waals surface area (Å²) in [5.74, 6) is 0.435. The number of hydrogen-bond donors (Lipinski definition) is 0. The van der Waals surface area contributed by atoms with Crippen molar-refractivity contribution >= 4 is 69.2 Å². The summed E-state index contributed by atoms with van der Waals surface area (Å²) in [5.41, 5.74) is 1.30. The monoisotopic (exact) mass is 421 g/mol. The Kier molecular flexibility index (Phi) is 6.04. The van der Waals surface area contributed by atoms with Crippen molar-refractivity contribution in [3.8, 4) is 5.75 Å². The molecule has 0 aliphatic carbocycles. The topological polar surface area (TPSA) is 29.5 Å². The van der Waals surface area contributed by atoms with Crippen molar-refractivity contribution in [2.24, 2.45) is 0 Å². The molecule has 1 aliphatic rings. The molecule has 2 aromatic rings. The molecule has 3 rings (SSSR count). The largest absolute Gasteiger partial charge is 0.489 e. The fourth-order valence-corrected chi connectivity index (χ4v) is 4.13. The maximum absolute atomic E-state index is 12.9. The summed E-state index contributed by atoms with van der Waals surface area (Å²) in [7, 11) is 0. The normalized spacial score (nSPS) is 15.6. The van der Waals surface area contributed by atoms with Gasteiger partial charge >= 0.3 is 0 Å². The van der Waals surface area contributed by atoms with Gasteiger partial charge in [0.25, 0.3) is 5.91 Å². The summed E-state index contributed by atoms with van der Waals surface area (Å²) < 4.78 is 6.05. The Balaban J connectivity index is 1.94. The third-order valence-electron chi connectivity index (χ3n) is 3.51. The molecule has 0 unspecified atom stereocenters. The second-order valence-electron chi connectivity index (χ2n) is 5.25. The van der Waals surface area contributed by atoms with Crippen molar-refractivity contribution in [3.63, 3.8) is 0 Å².